The Hall–Kier alpha value is -3.69. The Morgan fingerprint density at radius 1 is 1.38 bits per heavy atom. The molecule has 0 bridgehead atoms. The molecule has 14 heteroatoms. The molecule has 4 N–H and O–H groups in total. The molecule has 0 spiro atoms. The van der Waals surface area contributed by atoms with Crippen molar-refractivity contribution < 1.29 is 27.9 Å². The maximum absolute atomic E-state index is 13.6. The van der Waals surface area contributed by atoms with E-state index in [-0.39, 0.29) is 18.5 Å². The summed E-state index contributed by atoms with van der Waals surface area (Å²) >= 11 is 0. The Labute approximate surface area is 213 Å². The van der Waals surface area contributed by atoms with Crippen LogP contribution in [0.25, 0.3) is 11.2 Å². The highest BCUT2D eigenvalue weighted by atomic mass is 31.2. The Kier molecular flexibility index (Phi) is 7.94. The number of imidazole rings is 1. The molecule has 3 aromatic rings. The molecule has 3 heterocycles. The van der Waals surface area contributed by atoms with Crippen LogP contribution in [0, 0.1) is 18.3 Å². The van der Waals surface area contributed by atoms with Gasteiger partial charge in [-0.25, -0.2) is 9.55 Å². The van der Waals surface area contributed by atoms with Gasteiger partial charge in [-0.15, -0.1) is 6.42 Å². The minimum atomic E-state index is -4.03. The number of ether oxygens (including phenoxy) is 2. The van der Waals surface area contributed by atoms with Crippen LogP contribution in [0.5, 0.6) is 5.75 Å². The van der Waals surface area contributed by atoms with Crippen molar-refractivity contribution in [2.24, 2.45) is 5.92 Å². The van der Waals surface area contributed by atoms with Gasteiger partial charge in [-0.3, -0.25) is 13.9 Å². The lowest BCUT2D eigenvalue weighted by molar-refractivity contribution is -0.142. The number of rotatable bonds is 10. The van der Waals surface area contributed by atoms with Gasteiger partial charge in [-0.2, -0.15) is 15.1 Å². The Bertz CT molecular complexity index is 1340. The SMILES string of the molecule is C#C[C@H]1C[C@@H](CO[P@@](=O)(N[C@H](C)C(=O)OC)Oc2ccccc2)O[C@H]1n1cnc2c(NC)nc(N)nc21. The van der Waals surface area contributed by atoms with Crippen molar-refractivity contribution in [1.82, 2.24) is 24.6 Å². The number of aromatic nitrogens is 4. The molecular formula is C23H28N7O6P. The highest BCUT2D eigenvalue weighted by Gasteiger charge is 2.39. The van der Waals surface area contributed by atoms with Gasteiger partial charge >= 0.3 is 13.7 Å². The number of fused-ring (bicyclic) bond motifs is 1. The molecule has 1 aromatic carbocycles. The molecule has 1 aliphatic heterocycles. The van der Waals surface area contributed by atoms with E-state index >= 15 is 0 Å². The molecule has 196 valence electrons. The van der Waals surface area contributed by atoms with E-state index in [9.17, 15) is 9.36 Å². The van der Waals surface area contributed by atoms with Crippen molar-refractivity contribution in [1.29, 1.82) is 0 Å². The Morgan fingerprint density at radius 2 is 2.14 bits per heavy atom. The maximum Gasteiger partial charge on any atom is 0.459 e. The summed E-state index contributed by atoms with van der Waals surface area (Å²) in [5, 5.41) is 5.55. The summed E-state index contributed by atoms with van der Waals surface area (Å²) in [5.41, 5.74) is 6.83. The summed E-state index contributed by atoms with van der Waals surface area (Å²) in [6.45, 7) is 1.36. The second-order valence-corrected chi connectivity index (χ2v) is 9.93. The normalized spacial score (nSPS) is 21.6. The van der Waals surface area contributed by atoms with Gasteiger partial charge in [-0.05, 0) is 25.5 Å². The van der Waals surface area contributed by atoms with Gasteiger partial charge in [0.25, 0.3) is 0 Å². The minimum absolute atomic E-state index is 0.0681. The van der Waals surface area contributed by atoms with Gasteiger partial charge in [0, 0.05) is 7.05 Å². The topological polar surface area (TPSA) is 165 Å². The lowest BCUT2D eigenvalue weighted by Crippen LogP contribution is -2.35. The highest BCUT2D eigenvalue weighted by molar-refractivity contribution is 7.52. The lowest BCUT2D eigenvalue weighted by atomic mass is 10.0. The standard InChI is InChI=1S/C23H28N7O6P/c1-5-15-11-17(35-21(15)30-13-26-18-19(25-3)27-23(24)28-20(18)30)12-34-37(32,29-14(2)22(31)33-4)36-16-9-7-6-8-10-16/h1,6-10,13-15,17,21H,11-12H2,2-4H3,(H,29,32)(H3,24,25,27,28)/t14-,15+,17+,21-,37+/m1/s1. The van der Waals surface area contributed by atoms with Crippen LogP contribution in [0.2, 0.25) is 0 Å². The third kappa shape index (κ3) is 5.84. The second kappa shape index (κ2) is 11.1. The van der Waals surface area contributed by atoms with Gasteiger partial charge in [-0.1, -0.05) is 24.1 Å². The lowest BCUT2D eigenvalue weighted by Gasteiger charge is -2.24. The number of anilines is 2. The number of nitrogens with zero attached hydrogens (tertiary/aromatic N) is 4. The number of carbonyl (C=O) groups is 1. The zero-order chi connectivity index (χ0) is 26.6. The predicted octanol–water partition coefficient (Wildman–Crippen LogP) is 2.34. The third-order valence-electron chi connectivity index (χ3n) is 5.66. The van der Waals surface area contributed by atoms with E-state index < -0.39 is 32.1 Å². The molecule has 0 aliphatic carbocycles. The van der Waals surface area contributed by atoms with Gasteiger partial charge in [0.2, 0.25) is 5.95 Å². The van der Waals surface area contributed by atoms with Crippen molar-refractivity contribution in [3.05, 3.63) is 36.7 Å². The number of carbonyl (C=O) groups excluding carboxylic acids is 1. The first-order valence-electron chi connectivity index (χ1n) is 11.4. The number of methoxy groups -OCH3 is 1. The first-order valence-corrected chi connectivity index (χ1v) is 13.0. The number of terminal acetylenes is 1. The molecule has 4 rings (SSSR count). The molecule has 1 aliphatic rings. The van der Waals surface area contributed by atoms with Gasteiger partial charge < -0.3 is 25.0 Å². The quantitative estimate of drug-likeness (QED) is 0.200. The van der Waals surface area contributed by atoms with Crippen molar-refractivity contribution in [2.45, 2.75) is 31.7 Å². The van der Waals surface area contributed by atoms with E-state index in [4.69, 9.17) is 30.7 Å². The summed E-state index contributed by atoms with van der Waals surface area (Å²) in [6.07, 6.45) is 6.59. The van der Waals surface area contributed by atoms with Crippen molar-refractivity contribution in [3.8, 4) is 18.1 Å². The number of hydrogen-bond donors (Lipinski definition) is 3. The fourth-order valence-corrected chi connectivity index (χ4v) is 5.44. The zero-order valence-electron chi connectivity index (χ0n) is 20.5. The van der Waals surface area contributed by atoms with Crippen LogP contribution >= 0.6 is 7.75 Å². The summed E-state index contributed by atoms with van der Waals surface area (Å²) in [5.74, 6) is 2.58. The molecule has 1 saturated heterocycles. The molecule has 0 unspecified atom stereocenters. The number of nitrogen functional groups attached to an aromatic ring is 1. The predicted molar refractivity (Wildman–Crippen MR) is 135 cm³/mol. The largest absolute Gasteiger partial charge is 0.468 e. The van der Waals surface area contributed by atoms with E-state index in [0.29, 0.717) is 29.2 Å². The molecule has 0 saturated carbocycles. The number of para-hydroxylation sites is 1. The fraction of sp³-hybridized carbons (Fsp3) is 0.391. The van der Waals surface area contributed by atoms with Gasteiger partial charge in [0.15, 0.2) is 23.2 Å². The van der Waals surface area contributed by atoms with Crippen LogP contribution in [-0.4, -0.2) is 58.4 Å². The number of nitrogens with one attached hydrogen (secondary N) is 2. The smallest absolute Gasteiger partial charge is 0.459 e. The van der Waals surface area contributed by atoms with Crippen LogP contribution in [0.15, 0.2) is 36.7 Å². The molecule has 5 atom stereocenters. The van der Waals surface area contributed by atoms with E-state index in [1.54, 1.807) is 48.3 Å². The summed E-state index contributed by atoms with van der Waals surface area (Å²) < 4.78 is 37.6. The second-order valence-electron chi connectivity index (χ2n) is 8.23. The highest BCUT2D eigenvalue weighted by Crippen LogP contribution is 2.46. The summed E-state index contributed by atoms with van der Waals surface area (Å²) in [4.78, 5) is 24.8. The van der Waals surface area contributed by atoms with Crippen LogP contribution in [0.4, 0.5) is 11.8 Å². The number of benzene rings is 1. The number of nitrogens with two attached hydrogens (primary N) is 1. The first kappa shape index (κ1) is 26.4. The Morgan fingerprint density at radius 3 is 2.81 bits per heavy atom. The average molecular weight is 529 g/mol. The zero-order valence-corrected chi connectivity index (χ0v) is 21.4. The molecule has 1 fully saturated rings. The number of esters is 1. The summed E-state index contributed by atoms with van der Waals surface area (Å²) in [6, 6.07) is 7.50. The van der Waals surface area contributed by atoms with Crippen molar-refractivity contribution in [3.63, 3.8) is 0 Å². The molecular weight excluding hydrogens is 501 g/mol. The fourth-order valence-electron chi connectivity index (χ4n) is 3.92. The third-order valence-corrected chi connectivity index (χ3v) is 7.31. The first-order chi connectivity index (χ1) is 17.8. The van der Waals surface area contributed by atoms with Crippen LogP contribution < -0.4 is 20.7 Å². The van der Waals surface area contributed by atoms with Crippen LogP contribution in [0.1, 0.15) is 19.6 Å². The molecule has 0 amide bonds. The van der Waals surface area contributed by atoms with Crippen LogP contribution in [-0.2, 0) is 23.4 Å². The minimum Gasteiger partial charge on any atom is -0.468 e. The Balaban J connectivity index is 1.52. The van der Waals surface area contributed by atoms with E-state index in [0.717, 1.165) is 0 Å². The average Bonchev–Trinajstić information content (AvgIpc) is 3.50. The van der Waals surface area contributed by atoms with Crippen molar-refractivity contribution in [2.75, 3.05) is 31.8 Å². The van der Waals surface area contributed by atoms with E-state index in [1.165, 1.54) is 14.0 Å². The molecule has 0 radical (unpaired) electrons. The van der Waals surface area contributed by atoms with E-state index in [1.807, 2.05) is 0 Å². The molecule has 2 aromatic heterocycles. The summed E-state index contributed by atoms with van der Waals surface area (Å²) in [7, 11) is -1.09. The van der Waals surface area contributed by atoms with Crippen LogP contribution in [0.3, 0.4) is 0 Å². The number of hydrogen-bond acceptors (Lipinski definition) is 11. The molecule has 37 heavy (non-hydrogen) atoms. The molecule has 13 nitrogen and oxygen atoms in total. The van der Waals surface area contributed by atoms with Crippen molar-refractivity contribution >= 4 is 36.6 Å². The maximum atomic E-state index is 13.6. The van der Waals surface area contributed by atoms with Gasteiger partial charge in [0.05, 0.1) is 32.1 Å². The van der Waals surface area contributed by atoms with E-state index in [2.05, 4.69) is 31.3 Å². The van der Waals surface area contributed by atoms with Gasteiger partial charge in [0.1, 0.15) is 11.8 Å². The monoisotopic (exact) mass is 529 g/mol.